The lowest BCUT2D eigenvalue weighted by Crippen LogP contribution is -2.00. The summed E-state index contributed by atoms with van der Waals surface area (Å²) < 4.78 is 0. The first-order valence-corrected chi connectivity index (χ1v) is 17.8. The third-order valence-corrected chi connectivity index (χ3v) is 9.23. The van der Waals surface area contributed by atoms with Gasteiger partial charge in [-0.15, -0.1) is 0 Å². The number of rotatable bonds is 8. The highest BCUT2D eigenvalue weighted by Gasteiger charge is 2.15. The second-order valence-electron chi connectivity index (χ2n) is 12.8. The molecule has 0 radical (unpaired) electrons. The van der Waals surface area contributed by atoms with Gasteiger partial charge in [-0.05, 0) is 34.9 Å². The van der Waals surface area contributed by atoms with Gasteiger partial charge in [-0.25, -0.2) is 24.9 Å². The summed E-state index contributed by atoms with van der Waals surface area (Å²) in [6, 6.07) is 63.3. The SMILES string of the molecule is c1ccc(-c2ccc(-c3nc(-c4ccccc4)cc(-c4ccc(-c5cccc(-c6nc(-c7ccccc7)nc(-c7ccccc7)n6)c5)cn4)n3)cc2)cc1. The molecule has 0 bridgehead atoms. The van der Waals surface area contributed by atoms with E-state index < -0.39 is 0 Å². The monoisotopic (exact) mass is 692 g/mol. The molecule has 0 N–H and O–H groups in total. The van der Waals surface area contributed by atoms with Crippen LogP contribution >= 0.6 is 0 Å². The molecule has 9 aromatic rings. The van der Waals surface area contributed by atoms with Gasteiger partial charge in [-0.1, -0.05) is 170 Å². The van der Waals surface area contributed by atoms with Gasteiger partial charge in [0.15, 0.2) is 23.3 Å². The van der Waals surface area contributed by atoms with Crippen LogP contribution < -0.4 is 0 Å². The van der Waals surface area contributed by atoms with Crippen LogP contribution in [0.1, 0.15) is 0 Å². The summed E-state index contributed by atoms with van der Waals surface area (Å²) in [5.41, 5.74) is 11.3. The summed E-state index contributed by atoms with van der Waals surface area (Å²) in [4.78, 5) is 29.6. The van der Waals surface area contributed by atoms with Crippen LogP contribution in [0.3, 0.4) is 0 Å². The van der Waals surface area contributed by atoms with Crippen molar-refractivity contribution in [2.24, 2.45) is 0 Å². The molecule has 0 unspecified atom stereocenters. The Morgan fingerprint density at radius 3 is 1.20 bits per heavy atom. The van der Waals surface area contributed by atoms with Crippen molar-refractivity contribution in [3.05, 3.63) is 194 Å². The first-order chi connectivity index (χ1) is 26.7. The molecule has 0 aliphatic rings. The molecule has 0 fully saturated rings. The van der Waals surface area contributed by atoms with E-state index >= 15 is 0 Å². The Morgan fingerprint density at radius 2 is 0.630 bits per heavy atom. The first-order valence-electron chi connectivity index (χ1n) is 17.8. The van der Waals surface area contributed by atoms with Crippen molar-refractivity contribution in [3.8, 4) is 90.5 Å². The van der Waals surface area contributed by atoms with E-state index in [0.29, 0.717) is 23.3 Å². The number of hydrogen-bond acceptors (Lipinski definition) is 6. The Hall–Kier alpha value is -7.44. The van der Waals surface area contributed by atoms with Crippen LogP contribution in [0, 0.1) is 0 Å². The summed E-state index contributed by atoms with van der Waals surface area (Å²) in [6.45, 7) is 0. The average Bonchev–Trinajstić information content (AvgIpc) is 3.27. The Morgan fingerprint density at radius 1 is 0.222 bits per heavy atom. The molecule has 0 amide bonds. The van der Waals surface area contributed by atoms with Gasteiger partial charge in [-0.2, -0.15) is 0 Å². The van der Waals surface area contributed by atoms with Crippen molar-refractivity contribution in [2.45, 2.75) is 0 Å². The molecule has 6 nitrogen and oxygen atoms in total. The quantitative estimate of drug-likeness (QED) is 0.158. The number of benzene rings is 6. The van der Waals surface area contributed by atoms with Crippen molar-refractivity contribution >= 4 is 0 Å². The van der Waals surface area contributed by atoms with E-state index in [0.717, 1.165) is 61.6 Å². The third kappa shape index (κ3) is 6.92. The lowest BCUT2D eigenvalue weighted by Gasteiger charge is -2.11. The molecule has 6 aromatic carbocycles. The minimum Gasteiger partial charge on any atom is -0.254 e. The lowest BCUT2D eigenvalue weighted by atomic mass is 10.0. The molecule has 3 aromatic heterocycles. The number of hydrogen-bond donors (Lipinski definition) is 0. The van der Waals surface area contributed by atoms with E-state index in [1.165, 1.54) is 5.56 Å². The Labute approximate surface area is 313 Å². The normalized spacial score (nSPS) is 11.0. The Bertz CT molecular complexity index is 2610. The van der Waals surface area contributed by atoms with Gasteiger partial charge >= 0.3 is 0 Å². The predicted molar refractivity (Wildman–Crippen MR) is 217 cm³/mol. The Balaban J connectivity index is 1.06. The molecule has 0 spiro atoms. The van der Waals surface area contributed by atoms with Gasteiger partial charge in [-0.3, -0.25) is 4.98 Å². The van der Waals surface area contributed by atoms with Crippen molar-refractivity contribution in [1.82, 2.24) is 29.9 Å². The van der Waals surface area contributed by atoms with Gasteiger partial charge in [0.25, 0.3) is 0 Å². The molecule has 6 heteroatoms. The molecular formula is C48H32N6. The lowest BCUT2D eigenvalue weighted by molar-refractivity contribution is 1.07. The highest BCUT2D eigenvalue weighted by Crippen LogP contribution is 2.31. The van der Waals surface area contributed by atoms with Crippen LogP contribution in [-0.4, -0.2) is 29.9 Å². The fraction of sp³-hybridized carbons (Fsp3) is 0. The summed E-state index contributed by atoms with van der Waals surface area (Å²) in [5.74, 6) is 2.50. The molecule has 54 heavy (non-hydrogen) atoms. The largest absolute Gasteiger partial charge is 0.254 e. The van der Waals surface area contributed by atoms with Crippen LogP contribution in [0.5, 0.6) is 0 Å². The highest BCUT2D eigenvalue weighted by molar-refractivity contribution is 5.75. The average molecular weight is 693 g/mol. The van der Waals surface area contributed by atoms with Crippen molar-refractivity contribution in [3.63, 3.8) is 0 Å². The van der Waals surface area contributed by atoms with E-state index in [2.05, 4.69) is 78.9 Å². The maximum absolute atomic E-state index is 5.03. The topological polar surface area (TPSA) is 77.3 Å². The second-order valence-corrected chi connectivity index (χ2v) is 12.8. The zero-order valence-corrected chi connectivity index (χ0v) is 29.2. The summed E-state index contributed by atoms with van der Waals surface area (Å²) in [7, 11) is 0. The molecule has 9 rings (SSSR count). The minimum atomic E-state index is 0.605. The van der Waals surface area contributed by atoms with E-state index in [9.17, 15) is 0 Å². The third-order valence-electron chi connectivity index (χ3n) is 9.23. The first kappa shape index (κ1) is 32.5. The fourth-order valence-electron chi connectivity index (χ4n) is 6.40. The maximum atomic E-state index is 5.03. The van der Waals surface area contributed by atoms with Crippen LogP contribution in [0.4, 0.5) is 0 Å². The molecular weight excluding hydrogens is 661 g/mol. The van der Waals surface area contributed by atoms with Crippen molar-refractivity contribution in [1.29, 1.82) is 0 Å². The summed E-state index contributed by atoms with van der Waals surface area (Å²) in [5, 5.41) is 0. The van der Waals surface area contributed by atoms with Gasteiger partial charge in [0.1, 0.15) is 0 Å². The summed E-state index contributed by atoms with van der Waals surface area (Å²) in [6.07, 6.45) is 1.89. The van der Waals surface area contributed by atoms with Crippen molar-refractivity contribution in [2.75, 3.05) is 0 Å². The van der Waals surface area contributed by atoms with E-state index in [4.69, 9.17) is 29.9 Å². The maximum Gasteiger partial charge on any atom is 0.164 e. The van der Waals surface area contributed by atoms with Gasteiger partial charge in [0.05, 0.1) is 17.1 Å². The molecule has 3 heterocycles. The van der Waals surface area contributed by atoms with Gasteiger partial charge in [0.2, 0.25) is 0 Å². The number of aromatic nitrogens is 6. The van der Waals surface area contributed by atoms with Crippen LogP contribution in [0.15, 0.2) is 194 Å². The zero-order valence-electron chi connectivity index (χ0n) is 29.2. The molecule has 254 valence electrons. The van der Waals surface area contributed by atoms with Gasteiger partial charge in [0, 0.05) is 39.6 Å². The minimum absolute atomic E-state index is 0.605. The summed E-state index contributed by atoms with van der Waals surface area (Å²) >= 11 is 0. The predicted octanol–water partition coefficient (Wildman–Crippen LogP) is 11.4. The smallest absolute Gasteiger partial charge is 0.164 e. The van der Waals surface area contributed by atoms with Gasteiger partial charge < -0.3 is 0 Å². The molecule has 0 aliphatic carbocycles. The van der Waals surface area contributed by atoms with E-state index in [1.54, 1.807) is 0 Å². The number of nitrogens with zero attached hydrogens (tertiary/aromatic N) is 6. The second kappa shape index (κ2) is 14.7. The molecule has 0 saturated heterocycles. The van der Waals surface area contributed by atoms with Crippen LogP contribution in [0.2, 0.25) is 0 Å². The zero-order chi connectivity index (χ0) is 36.1. The van der Waals surface area contributed by atoms with E-state index in [-0.39, 0.29) is 0 Å². The molecule has 0 aliphatic heterocycles. The number of pyridine rings is 1. The fourth-order valence-corrected chi connectivity index (χ4v) is 6.40. The van der Waals surface area contributed by atoms with Crippen LogP contribution in [-0.2, 0) is 0 Å². The van der Waals surface area contributed by atoms with Crippen LogP contribution in [0.25, 0.3) is 90.5 Å². The van der Waals surface area contributed by atoms with E-state index in [1.807, 2.05) is 115 Å². The van der Waals surface area contributed by atoms with Crippen molar-refractivity contribution < 1.29 is 0 Å². The highest BCUT2D eigenvalue weighted by atomic mass is 15.0. The Kier molecular flexibility index (Phi) is 8.81. The standard InChI is InChI=1S/C48H32N6/c1-5-14-33(15-6-1)34-24-26-38(27-25-34)45-50-43(35-16-7-2-8-17-35)31-44(51-45)42-29-28-41(32-49-42)39-22-13-23-40(30-39)48-53-46(36-18-9-3-10-19-36)52-47(54-48)37-20-11-4-12-21-37/h1-32H. The molecule has 0 saturated carbocycles. The molecule has 0 atom stereocenters.